The van der Waals surface area contributed by atoms with Gasteiger partial charge in [-0.25, -0.2) is 4.98 Å². The Morgan fingerprint density at radius 1 is 1.25 bits per heavy atom. The van der Waals surface area contributed by atoms with Crippen molar-refractivity contribution < 1.29 is 19.1 Å². The SMILES string of the molecule is COCCCN1C(=O)c2ccc(C(=O)NCc3cn4ccsc4n3)cc2C1=O. The standard InChI is InChI=1S/C19H18N4O4S/c1-27-7-2-5-23-17(25)14-4-3-12(9-15(14)18(23)26)16(24)20-10-13-11-22-6-8-28-19(22)21-13/h3-4,6,8-9,11H,2,5,7,10H2,1H3,(H,20,24). The summed E-state index contributed by atoms with van der Waals surface area (Å²) >= 11 is 1.52. The molecule has 0 aliphatic carbocycles. The summed E-state index contributed by atoms with van der Waals surface area (Å²) in [5, 5.41) is 4.74. The minimum Gasteiger partial charge on any atom is -0.385 e. The van der Waals surface area contributed by atoms with Crippen LogP contribution in [0.1, 0.15) is 43.2 Å². The Balaban J connectivity index is 1.45. The first kappa shape index (κ1) is 18.3. The third-order valence-corrected chi connectivity index (χ3v) is 5.31. The minimum absolute atomic E-state index is 0.262. The van der Waals surface area contributed by atoms with Crippen LogP contribution in [0.3, 0.4) is 0 Å². The summed E-state index contributed by atoms with van der Waals surface area (Å²) in [5.41, 5.74) is 1.67. The third kappa shape index (κ3) is 3.30. The highest BCUT2D eigenvalue weighted by Crippen LogP contribution is 2.24. The van der Waals surface area contributed by atoms with Gasteiger partial charge in [-0.1, -0.05) is 0 Å². The number of methoxy groups -OCH3 is 1. The van der Waals surface area contributed by atoms with Crippen molar-refractivity contribution in [1.29, 1.82) is 0 Å². The average molecular weight is 398 g/mol. The zero-order chi connectivity index (χ0) is 19.7. The lowest BCUT2D eigenvalue weighted by Crippen LogP contribution is -2.31. The van der Waals surface area contributed by atoms with E-state index in [1.54, 1.807) is 13.2 Å². The second-order valence-electron chi connectivity index (χ2n) is 6.38. The summed E-state index contributed by atoms with van der Waals surface area (Å²) in [6.07, 6.45) is 4.33. The smallest absolute Gasteiger partial charge is 0.261 e. The Morgan fingerprint density at radius 3 is 2.86 bits per heavy atom. The number of aromatic nitrogens is 2. The number of thiazole rings is 1. The summed E-state index contributed by atoms with van der Waals surface area (Å²) in [7, 11) is 1.57. The fourth-order valence-corrected chi connectivity index (χ4v) is 3.86. The van der Waals surface area contributed by atoms with Gasteiger partial charge in [0.2, 0.25) is 0 Å². The van der Waals surface area contributed by atoms with Gasteiger partial charge in [0.05, 0.1) is 23.4 Å². The van der Waals surface area contributed by atoms with Gasteiger partial charge in [-0.05, 0) is 24.6 Å². The number of fused-ring (bicyclic) bond motifs is 2. The second kappa shape index (κ2) is 7.53. The average Bonchev–Trinajstić information content (AvgIpc) is 3.35. The molecule has 0 saturated heterocycles. The summed E-state index contributed by atoms with van der Waals surface area (Å²) in [6, 6.07) is 4.57. The van der Waals surface area contributed by atoms with Crippen LogP contribution < -0.4 is 5.32 Å². The fraction of sp³-hybridized carbons (Fsp3) is 0.263. The molecule has 1 N–H and O–H groups in total. The summed E-state index contributed by atoms with van der Waals surface area (Å²) in [4.78, 5) is 43.9. The van der Waals surface area contributed by atoms with Gasteiger partial charge in [0.1, 0.15) is 0 Å². The predicted octanol–water partition coefficient (Wildman–Crippen LogP) is 1.96. The number of carbonyl (C=O) groups excluding carboxylic acids is 3. The van der Waals surface area contributed by atoms with Crippen molar-refractivity contribution in [2.24, 2.45) is 0 Å². The van der Waals surface area contributed by atoms with Crippen LogP contribution in [0.25, 0.3) is 4.96 Å². The lowest BCUT2D eigenvalue weighted by atomic mass is 10.1. The molecule has 0 saturated carbocycles. The van der Waals surface area contributed by atoms with Crippen LogP contribution >= 0.6 is 11.3 Å². The Labute approximate surface area is 164 Å². The van der Waals surface area contributed by atoms with Crippen LogP contribution in [-0.4, -0.2) is 52.3 Å². The van der Waals surface area contributed by atoms with E-state index in [-0.39, 0.29) is 29.8 Å². The minimum atomic E-state index is -0.375. The van der Waals surface area contributed by atoms with Gasteiger partial charge in [0.15, 0.2) is 4.96 Å². The number of imide groups is 1. The van der Waals surface area contributed by atoms with Crippen molar-refractivity contribution in [2.75, 3.05) is 20.3 Å². The number of ether oxygens (including phenoxy) is 1. The molecule has 8 nitrogen and oxygen atoms in total. The molecule has 3 aromatic rings. The van der Waals surface area contributed by atoms with Gasteiger partial charge >= 0.3 is 0 Å². The van der Waals surface area contributed by atoms with E-state index in [1.807, 2.05) is 22.2 Å². The fourth-order valence-electron chi connectivity index (χ4n) is 3.14. The quantitative estimate of drug-likeness (QED) is 0.485. The first-order chi connectivity index (χ1) is 13.6. The van der Waals surface area contributed by atoms with Crippen LogP contribution in [0.2, 0.25) is 0 Å². The van der Waals surface area contributed by atoms with Crippen molar-refractivity contribution in [2.45, 2.75) is 13.0 Å². The lowest BCUT2D eigenvalue weighted by Gasteiger charge is -2.12. The molecule has 1 aromatic carbocycles. The summed E-state index contributed by atoms with van der Waals surface area (Å²) < 4.78 is 6.86. The van der Waals surface area contributed by atoms with E-state index in [1.165, 1.54) is 28.4 Å². The number of hydrogen-bond donors (Lipinski definition) is 1. The number of hydrogen-bond acceptors (Lipinski definition) is 6. The molecule has 0 fully saturated rings. The van der Waals surface area contributed by atoms with Gasteiger partial charge in [0, 0.05) is 43.6 Å². The molecule has 3 heterocycles. The molecule has 1 aliphatic heterocycles. The lowest BCUT2D eigenvalue weighted by molar-refractivity contribution is 0.0638. The zero-order valence-electron chi connectivity index (χ0n) is 15.2. The van der Waals surface area contributed by atoms with E-state index < -0.39 is 0 Å². The number of rotatable bonds is 7. The van der Waals surface area contributed by atoms with Crippen LogP contribution in [0.15, 0.2) is 36.0 Å². The maximum Gasteiger partial charge on any atom is 0.261 e. The molecule has 9 heteroatoms. The molecular formula is C19H18N4O4S. The first-order valence-electron chi connectivity index (χ1n) is 8.77. The van der Waals surface area contributed by atoms with Gasteiger partial charge in [-0.2, -0.15) is 0 Å². The number of imidazole rings is 1. The third-order valence-electron chi connectivity index (χ3n) is 4.54. The molecule has 2 aromatic heterocycles. The van der Waals surface area contributed by atoms with Crippen LogP contribution in [-0.2, 0) is 11.3 Å². The van der Waals surface area contributed by atoms with Crippen LogP contribution in [0.4, 0.5) is 0 Å². The van der Waals surface area contributed by atoms with E-state index in [0.717, 1.165) is 10.7 Å². The molecular weight excluding hydrogens is 380 g/mol. The van der Waals surface area contributed by atoms with E-state index in [9.17, 15) is 14.4 Å². The highest BCUT2D eigenvalue weighted by Gasteiger charge is 2.35. The van der Waals surface area contributed by atoms with E-state index in [2.05, 4.69) is 10.3 Å². The molecule has 0 bridgehead atoms. The molecule has 1 aliphatic rings. The molecule has 0 unspecified atom stereocenters. The highest BCUT2D eigenvalue weighted by atomic mass is 32.1. The van der Waals surface area contributed by atoms with Crippen molar-refractivity contribution in [3.8, 4) is 0 Å². The molecule has 0 atom stereocenters. The Kier molecular flexibility index (Phi) is 4.93. The molecule has 4 rings (SSSR count). The number of nitrogens with zero attached hydrogens (tertiary/aromatic N) is 3. The second-order valence-corrected chi connectivity index (χ2v) is 7.25. The maximum absolute atomic E-state index is 12.5. The Morgan fingerprint density at radius 2 is 2.07 bits per heavy atom. The summed E-state index contributed by atoms with van der Waals surface area (Å²) in [5.74, 6) is -1.03. The number of amides is 3. The van der Waals surface area contributed by atoms with Crippen molar-refractivity contribution in [1.82, 2.24) is 19.6 Å². The molecule has 0 spiro atoms. The topological polar surface area (TPSA) is 93.0 Å². The number of carbonyl (C=O) groups is 3. The molecule has 144 valence electrons. The monoisotopic (exact) mass is 398 g/mol. The summed E-state index contributed by atoms with van der Waals surface area (Å²) in [6.45, 7) is 1.03. The van der Waals surface area contributed by atoms with Gasteiger partial charge in [0.25, 0.3) is 17.7 Å². The first-order valence-corrected chi connectivity index (χ1v) is 9.65. The van der Waals surface area contributed by atoms with E-state index in [4.69, 9.17) is 4.74 Å². The molecule has 3 amide bonds. The molecule has 28 heavy (non-hydrogen) atoms. The van der Waals surface area contributed by atoms with Gasteiger partial charge in [-0.3, -0.25) is 23.7 Å². The number of benzene rings is 1. The maximum atomic E-state index is 12.5. The highest BCUT2D eigenvalue weighted by molar-refractivity contribution is 7.15. The Bertz CT molecular complexity index is 1040. The van der Waals surface area contributed by atoms with Crippen molar-refractivity contribution >= 4 is 34.0 Å². The van der Waals surface area contributed by atoms with E-state index >= 15 is 0 Å². The van der Waals surface area contributed by atoms with Crippen LogP contribution in [0, 0.1) is 0 Å². The zero-order valence-corrected chi connectivity index (χ0v) is 16.0. The number of nitrogens with one attached hydrogen (secondary N) is 1. The van der Waals surface area contributed by atoms with Crippen molar-refractivity contribution in [3.05, 3.63) is 58.4 Å². The normalized spacial score (nSPS) is 13.4. The van der Waals surface area contributed by atoms with Crippen molar-refractivity contribution in [3.63, 3.8) is 0 Å². The van der Waals surface area contributed by atoms with Crippen LogP contribution in [0.5, 0.6) is 0 Å². The Hall–Kier alpha value is -3.04. The largest absolute Gasteiger partial charge is 0.385 e. The van der Waals surface area contributed by atoms with E-state index in [0.29, 0.717) is 30.7 Å². The predicted molar refractivity (Wildman–Crippen MR) is 103 cm³/mol. The van der Waals surface area contributed by atoms with Gasteiger partial charge in [-0.15, -0.1) is 11.3 Å². The molecule has 0 radical (unpaired) electrons. The van der Waals surface area contributed by atoms with Gasteiger partial charge < -0.3 is 10.1 Å².